The average molecular weight is 434 g/mol. The molecular weight excluding hydrogens is 406 g/mol. The zero-order chi connectivity index (χ0) is 22.2. The molecule has 7 heteroatoms. The summed E-state index contributed by atoms with van der Waals surface area (Å²) in [6.07, 6.45) is 1.59. The van der Waals surface area contributed by atoms with Gasteiger partial charge in [-0.2, -0.15) is 5.10 Å². The number of morpholine rings is 1. The van der Waals surface area contributed by atoms with Gasteiger partial charge in [0.2, 0.25) is 0 Å². The van der Waals surface area contributed by atoms with Crippen molar-refractivity contribution in [2.75, 3.05) is 40.0 Å². The van der Waals surface area contributed by atoms with Crippen molar-refractivity contribution in [3.63, 3.8) is 0 Å². The lowest BCUT2D eigenvalue weighted by atomic mass is 10.1. The highest BCUT2D eigenvalue weighted by Crippen LogP contribution is 2.28. The van der Waals surface area contributed by atoms with Crippen LogP contribution in [0.2, 0.25) is 0 Å². The summed E-state index contributed by atoms with van der Waals surface area (Å²) in [6.45, 7) is 3.58. The van der Waals surface area contributed by atoms with Crippen LogP contribution < -0.4 is 14.9 Å². The maximum atomic E-state index is 12.0. The topological polar surface area (TPSA) is 72.4 Å². The van der Waals surface area contributed by atoms with Crippen LogP contribution in [0.15, 0.2) is 65.8 Å². The van der Waals surface area contributed by atoms with E-state index in [4.69, 9.17) is 14.2 Å². The van der Waals surface area contributed by atoms with Gasteiger partial charge in [0.05, 0.1) is 33.1 Å². The van der Waals surface area contributed by atoms with E-state index in [2.05, 4.69) is 40.9 Å². The number of fused-ring (bicyclic) bond motifs is 1. The third kappa shape index (κ3) is 5.84. The van der Waals surface area contributed by atoms with Crippen molar-refractivity contribution < 1.29 is 19.0 Å². The van der Waals surface area contributed by atoms with Crippen LogP contribution in [0.25, 0.3) is 10.8 Å². The molecule has 1 aliphatic heterocycles. The van der Waals surface area contributed by atoms with Gasteiger partial charge in [-0.05, 0) is 46.2 Å². The van der Waals surface area contributed by atoms with Gasteiger partial charge in [0.1, 0.15) is 6.61 Å². The van der Waals surface area contributed by atoms with Gasteiger partial charge in [-0.1, -0.05) is 36.4 Å². The summed E-state index contributed by atoms with van der Waals surface area (Å²) in [6, 6.07) is 20.1. The summed E-state index contributed by atoms with van der Waals surface area (Å²) < 4.78 is 16.8. The first-order valence-corrected chi connectivity index (χ1v) is 10.6. The normalized spacial score (nSPS) is 14.5. The number of methoxy groups -OCH3 is 1. The predicted octanol–water partition coefficient (Wildman–Crippen LogP) is 3.21. The van der Waals surface area contributed by atoms with E-state index in [1.807, 2.05) is 35.2 Å². The molecule has 3 aromatic rings. The Hall–Kier alpha value is -3.42. The van der Waals surface area contributed by atoms with E-state index in [9.17, 15) is 4.79 Å². The summed E-state index contributed by atoms with van der Waals surface area (Å²) >= 11 is 0. The minimum Gasteiger partial charge on any atom is -0.493 e. The van der Waals surface area contributed by atoms with E-state index in [-0.39, 0.29) is 5.91 Å². The Morgan fingerprint density at radius 3 is 2.69 bits per heavy atom. The van der Waals surface area contributed by atoms with Crippen LogP contribution >= 0.6 is 0 Å². The second-order valence-corrected chi connectivity index (χ2v) is 7.56. The molecule has 0 aromatic heterocycles. The molecule has 1 saturated heterocycles. The van der Waals surface area contributed by atoms with Gasteiger partial charge in [-0.3, -0.25) is 9.69 Å². The van der Waals surface area contributed by atoms with Crippen LogP contribution in [0.4, 0.5) is 0 Å². The molecule has 1 amide bonds. The highest BCUT2D eigenvalue weighted by atomic mass is 16.5. The molecule has 0 aliphatic carbocycles. The Kier molecular flexibility index (Phi) is 7.32. The highest BCUT2D eigenvalue weighted by Gasteiger charge is 2.13. The first kappa shape index (κ1) is 21.8. The van der Waals surface area contributed by atoms with E-state index in [0.29, 0.717) is 37.9 Å². The first-order chi connectivity index (χ1) is 15.7. The first-order valence-electron chi connectivity index (χ1n) is 10.6. The lowest BCUT2D eigenvalue weighted by Gasteiger charge is -2.25. The highest BCUT2D eigenvalue weighted by molar-refractivity contribution is 5.84. The molecule has 1 heterocycles. The summed E-state index contributed by atoms with van der Waals surface area (Å²) in [5.74, 6) is 1.11. The monoisotopic (exact) mass is 433 g/mol. The number of carbonyl (C=O) groups excluding carboxylic acids is 1. The second-order valence-electron chi connectivity index (χ2n) is 7.56. The Bertz CT molecular complexity index is 1090. The molecule has 7 nitrogen and oxygen atoms in total. The summed E-state index contributed by atoms with van der Waals surface area (Å²) in [5, 5.41) is 6.44. The Labute approximate surface area is 187 Å². The Morgan fingerprint density at radius 1 is 1.06 bits per heavy atom. The molecule has 166 valence electrons. The number of carbonyl (C=O) groups is 1. The molecule has 1 aliphatic rings. The standard InChI is InChI=1S/C25H27N3O4/c1-30-24-15-19(16-26-27-25(29)17-28-10-12-31-13-11-28)7-9-23(24)32-18-20-6-8-21-4-2-3-5-22(21)14-20/h2-9,14-16H,10-13,17-18H2,1H3,(H,27,29)/b26-16+. The number of ether oxygens (including phenoxy) is 3. The maximum Gasteiger partial charge on any atom is 0.254 e. The molecule has 3 aromatic carbocycles. The number of nitrogens with one attached hydrogen (secondary N) is 1. The molecule has 0 radical (unpaired) electrons. The lowest BCUT2D eigenvalue weighted by Crippen LogP contribution is -2.42. The molecule has 0 bridgehead atoms. The number of benzene rings is 3. The summed E-state index contributed by atoms with van der Waals surface area (Å²) in [5.41, 5.74) is 4.45. The van der Waals surface area contributed by atoms with Crippen molar-refractivity contribution in [2.24, 2.45) is 5.10 Å². The Morgan fingerprint density at radius 2 is 1.88 bits per heavy atom. The zero-order valence-electron chi connectivity index (χ0n) is 18.1. The van der Waals surface area contributed by atoms with Gasteiger partial charge in [-0.15, -0.1) is 0 Å². The number of hydrogen-bond acceptors (Lipinski definition) is 6. The third-order valence-electron chi connectivity index (χ3n) is 5.27. The van der Waals surface area contributed by atoms with Crippen LogP contribution in [0.5, 0.6) is 11.5 Å². The minimum absolute atomic E-state index is 0.148. The number of rotatable bonds is 8. The van der Waals surface area contributed by atoms with Crippen LogP contribution in [0.3, 0.4) is 0 Å². The molecule has 0 spiro atoms. The van der Waals surface area contributed by atoms with Gasteiger partial charge in [-0.25, -0.2) is 5.43 Å². The maximum absolute atomic E-state index is 12.0. The number of amides is 1. The van der Waals surface area contributed by atoms with Crippen LogP contribution in [0.1, 0.15) is 11.1 Å². The molecule has 1 fully saturated rings. The lowest BCUT2D eigenvalue weighted by molar-refractivity contribution is -0.123. The van der Waals surface area contributed by atoms with Crippen molar-refractivity contribution in [3.05, 3.63) is 71.8 Å². The fourth-order valence-corrected chi connectivity index (χ4v) is 3.55. The average Bonchev–Trinajstić information content (AvgIpc) is 2.83. The minimum atomic E-state index is -0.148. The largest absolute Gasteiger partial charge is 0.493 e. The summed E-state index contributed by atoms with van der Waals surface area (Å²) in [4.78, 5) is 14.1. The molecule has 1 N–H and O–H groups in total. The second kappa shape index (κ2) is 10.7. The SMILES string of the molecule is COc1cc(/C=N/NC(=O)CN2CCOCC2)ccc1OCc1ccc2ccccc2c1. The number of hydrazone groups is 1. The van der Waals surface area contributed by atoms with Gasteiger partial charge >= 0.3 is 0 Å². The molecular formula is C25H27N3O4. The fourth-order valence-electron chi connectivity index (χ4n) is 3.55. The molecule has 4 rings (SSSR count). The molecule has 0 saturated carbocycles. The number of hydrogen-bond donors (Lipinski definition) is 1. The van der Waals surface area contributed by atoms with Gasteiger partial charge in [0, 0.05) is 13.1 Å². The van der Waals surface area contributed by atoms with Crippen LogP contribution in [-0.4, -0.2) is 57.0 Å². The smallest absolute Gasteiger partial charge is 0.254 e. The van der Waals surface area contributed by atoms with Gasteiger partial charge in [0.15, 0.2) is 11.5 Å². The van der Waals surface area contributed by atoms with Crippen LogP contribution in [-0.2, 0) is 16.1 Å². The number of nitrogens with zero attached hydrogens (tertiary/aromatic N) is 2. The van der Waals surface area contributed by atoms with Crippen molar-refractivity contribution in [2.45, 2.75) is 6.61 Å². The predicted molar refractivity (Wildman–Crippen MR) is 124 cm³/mol. The van der Waals surface area contributed by atoms with Gasteiger partial charge < -0.3 is 14.2 Å². The zero-order valence-corrected chi connectivity index (χ0v) is 18.1. The third-order valence-corrected chi connectivity index (χ3v) is 5.27. The van der Waals surface area contributed by atoms with E-state index in [1.165, 1.54) is 10.8 Å². The van der Waals surface area contributed by atoms with E-state index in [1.54, 1.807) is 13.3 Å². The van der Waals surface area contributed by atoms with E-state index >= 15 is 0 Å². The molecule has 32 heavy (non-hydrogen) atoms. The van der Waals surface area contributed by atoms with Crippen molar-refractivity contribution >= 4 is 22.9 Å². The summed E-state index contributed by atoms with van der Waals surface area (Å²) in [7, 11) is 1.60. The fraction of sp³-hybridized carbons (Fsp3) is 0.280. The van der Waals surface area contributed by atoms with Crippen molar-refractivity contribution in [1.82, 2.24) is 10.3 Å². The van der Waals surface area contributed by atoms with Gasteiger partial charge in [0.25, 0.3) is 5.91 Å². The Balaban J connectivity index is 1.33. The van der Waals surface area contributed by atoms with E-state index < -0.39 is 0 Å². The van der Waals surface area contributed by atoms with Crippen molar-refractivity contribution in [1.29, 1.82) is 0 Å². The van der Waals surface area contributed by atoms with E-state index in [0.717, 1.165) is 24.2 Å². The molecule has 0 unspecified atom stereocenters. The molecule has 0 atom stereocenters. The van der Waals surface area contributed by atoms with Crippen molar-refractivity contribution in [3.8, 4) is 11.5 Å². The quantitative estimate of drug-likeness (QED) is 0.436. The van der Waals surface area contributed by atoms with Crippen LogP contribution in [0, 0.1) is 0 Å².